The SMILES string of the molecule is Oc1ccc2c(c1)[C@@]13[C@H]4[C@H]5CC[C@@]1(O[C@@H]4CN5Cc1ccccc1)[C@@H](C2)N(CC1CC1)C[C@H]3F. The molecule has 2 aromatic carbocycles. The van der Waals surface area contributed by atoms with Crippen LogP contribution >= 0.6 is 0 Å². The zero-order valence-electron chi connectivity index (χ0n) is 19.6. The molecule has 178 valence electrons. The van der Waals surface area contributed by atoms with E-state index >= 15 is 4.39 Å². The van der Waals surface area contributed by atoms with Gasteiger partial charge in [-0.15, -0.1) is 0 Å². The van der Waals surface area contributed by atoms with Crippen LogP contribution in [0.3, 0.4) is 0 Å². The van der Waals surface area contributed by atoms with Gasteiger partial charge in [0.25, 0.3) is 0 Å². The zero-order chi connectivity index (χ0) is 22.7. The van der Waals surface area contributed by atoms with Crippen LogP contribution in [0.15, 0.2) is 48.5 Å². The van der Waals surface area contributed by atoms with Crippen LogP contribution in [-0.2, 0) is 23.1 Å². The lowest BCUT2D eigenvalue weighted by atomic mass is 9.45. The Morgan fingerprint density at radius 1 is 1.03 bits per heavy atom. The third-order valence-electron chi connectivity index (χ3n) is 10.3. The lowest BCUT2D eigenvalue weighted by Crippen LogP contribution is -2.78. The molecule has 8 rings (SSSR count). The maximum atomic E-state index is 17.0. The average molecular weight is 461 g/mol. The van der Waals surface area contributed by atoms with Crippen LogP contribution in [0.4, 0.5) is 4.39 Å². The largest absolute Gasteiger partial charge is 0.508 e. The molecule has 3 saturated heterocycles. The third-order valence-corrected chi connectivity index (χ3v) is 10.3. The molecule has 5 fully saturated rings. The number of hydrogen-bond donors (Lipinski definition) is 1. The first-order valence-electron chi connectivity index (χ1n) is 13.3. The van der Waals surface area contributed by atoms with Crippen molar-refractivity contribution in [1.82, 2.24) is 9.80 Å². The standard InChI is InChI=1S/C29H33FN2O2/c30-25-17-32(15-19-6-7-19)26-12-20-8-9-21(33)13-22(20)29(25)27-23-10-11-28(26,29)34-24(27)16-31(23)14-18-4-2-1-3-5-18/h1-5,8-9,13,19,23-27,33H,6-7,10-12,14-17H2/t23-,24-,25-,26-,27+,28-,29-/m1/s1. The Morgan fingerprint density at radius 3 is 2.71 bits per heavy atom. The normalized spacial score (nSPS) is 42.4. The van der Waals surface area contributed by atoms with Crippen LogP contribution in [0.25, 0.3) is 0 Å². The van der Waals surface area contributed by atoms with Crippen molar-refractivity contribution in [3.05, 3.63) is 65.2 Å². The quantitative estimate of drug-likeness (QED) is 0.747. The molecule has 3 aliphatic carbocycles. The number of phenols is 1. The number of alkyl halides is 1. The lowest BCUT2D eigenvalue weighted by Gasteiger charge is -2.65. The molecule has 4 nitrogen and oxygen atoms in total. The molecule has 5 heteroatoms. The molecule has 7 atom stereocenters. The Morgan fingerprint density at radius 2 is 1.88 bits per heavy atom. The van der Waals surface area contributed by atoms with Crippen molar-refractivity contribution in [2.24, 2.45) is 11.8 Å². The third kappa shape index (κ3) is 2.44. The smallest absolute Gasteiger partial charge is 0.126 e. The number of phenolic OH excluding ortho intramolecular Hbond substituents is 1. The van der Waals surface area contributed by atoms with Crippen LogP contribution in [0, 0.1) is 11.8 Å². The number of rotatable bonds is 4. The molecule has 0 amide bonds. The Balaban J connectivity index is 1.26. The van der Waals surface area contributed by atoms with E-state index in [-0.39, 0.29) is 23.8 Å². The van der Waals surface area contributed by atoms with Crippen molar-refractivity contribution in [2.45, 2.75) is 74.0 Å². The van der Waals surface area contributed by atoms with E-state index in [0.717, 1.165) is 50.4 Å². The maximum Gasteiger partial charge on any atom is 0.126 e. The maximum absolute atomic E-state index is 17.0. The molecule has 3 heterocycles. The van der Waals surface area contributed by atoms with Gasteiger partial charge < -0.3 is 9.84 Å². The summed E-state index contributed by atoms with van der Waals surface area (Å²) in [6.07, 6.45) is 4.55. The van der Waals surface area contributed by atoms with Crippen molar-refractivity contribution in [2.75, 3.05) is 19.6 Å². The minimum absolute atomic E-state index is 0.0612. The highest BCUT2D eigenvalue weighted by atomic mass is 19.1. The second-order valence-corrected chi connectivity index (χ2v) is 11.9. The summed E-state index contributed by atoms with van der Waals surface area (Å²) in [5.41, 5.74) is 2.48. The Bertz CT molecular complexity index is 1140. The molecule has 2 saturated carbocycles. The molecular weight excluding hydrogens is 427 g/mol. The van der Waals surface area contributed by atoms with Gasteiger partial charge in [0.05, 0.1) is 17.1 Å². The van der Waals surface area contributed by atoms with Gasteiger partial charge in [0.2, 0.25) is 0 Å². The van der Waals surface area contributed by atoms with Gasteiger partial charge in [-0.25, -0.2) is 4.39 Å². The predicted molar refractivity (Wildman–Crippen MR) is 127 cm³/mol. The fraction of sp³-hybridized carbons (Fsp3) is 0.586. The van der Waals surface area contributed by atoms with Gasteiger partial charge in [-0.3, -0.25) is 9.80 Å². The van der Waals surface area contributed by atoms with E-state index in [9.17, 15) is 5.11 Å². The van der Waals surface area contributed by atoms with Gasteiger partial charge in [0.15, 0.2) is 0 Å². The number of ether oxygens (including phenoxy) is 1. The number of nitrogens with zero attached hydrogens (tertiary/aromatic N) is 2. The fourth-order valence-electron chi connectivity index (χ4n) is 9.11. The van der Waals surface area contributed by atoms with Gasteiger partial charge in [-0.05, 0) is 66.8 Å². The predicted octanol–water partition coefficient (Wildman–Crippen LogP) is 4.05. The molecule has 0 radical (unpaired) electrons. The first-order chi connectivity index (χ1) is 16.6. The summed E-state index contributed by atoms with van der Waals surface area (Å²) >= 11 is 0. The van der Waals surface area contributed by atoms with Gasteiger partial charge in [-0.1, -0.05) is 36.4 Å². The van der Waals surface area contributed by atoms with Crippen LogP contribution in [0.1, 0.15) is 42.4 Å². The Hall–Kier alpha value is -1.95. The Kier molecular flexibility index (Phi) is 4.07. The van der Waals surface area contributed by atoms with E-state index in [2.05, 4.69) is 46.2 Å². The topological polar surface area (TPSA) is 35.9 Å². The lowest BCUT2D eigenvalue weighted by molar-refractivity contribution is -0.195. The molecular formula is C29H33FN2O2. The van der Waals surface area contributed by atoms with Crippen molar-refractivity contribution < 1.29 is 14.2 Å². The van der Waals surface area contributed by atoms with E-state index in [1.54, 1.807) is 6.07 Å². The van der Waals surface area contributed by atoms with Crippen LogP contribution in [-0.4, -0.2) is 64.5 Å². The van der Waals surface area contributed by atoms with E-state index < -0.39 is 17.2 Å². The summed E-state index contributed by atoms with van der Waals surface area (Å²) in [4.78, 5) is 5.04. The molecule has 0 spiro atoms. The number of likely N-dealkylation sites (tertiary alicyclic amines) is 2. The number of fused-ring (bicyclic) bond motifs is 1. The summed E-state index contributed by atoms with van der Waals surface area (Å²) in [6, 6.07) is 17.0. The highest BCUT2D eigenvalue weighted by Gasteiger charge is 2.80. The fourth-order valence-corrected chi connectivity index (χ4v) is 9.11. The first-order valence-corrected chi connectivity index (χ1v) is 13.3. The van der Waals surface area contributed by atoms with Gasteiger partial charge in [-0.2, -0.15) is 0 Å². The molecule has 2 aromatic rings. The Labute approximate surface area is 200 Å². The molecule has 1 N–H and O–H groups in total. The minimum Gasteiger partial charge on any atom is -0.508 e. The second-order valence-electron chi connectivity index (χ2n) is 11.9. The first kappa shape index (κ1) is 20.3. The summed E-state index contributed by atoms with van der Waals surface area (Å²) < 4.78 is 24.1. The van der Waals surface area contributed by atoms with Gasteiger partial charge in [0, 0.05) is 44.2 Å². The number of halogens is 1. The minimum atomic E-state index is -0.974. The summed E-state index contributed by atoms with van der Waals surface area (Å²) in [5.74, 6) is 1.13. The van der Waals surface area contributed by atoms with E-state index in [4.69, 9.17) is 4.74 Å². The monoisotopic (exact) mass is 460 g/mol. The van der Waals surface area contributed by atoms with Crippen molar-refractivity contribution in [3.8, 4) is 5.75 Å². The van der Waals surface area contributed by atoms with Gasteiger partial charge in [0.1, 0.15) is 11.9 Å². The van der Waals surface area contributed by atoms with Crippen molar-refractivity contribution >= 4 is 0 Å². The number of piperidine rings is 1. The second kappa shape index (κ2) is 6.83. The molecule has 3 aliphatic heterocycles. The van der Waals surface area contributed by atoms with E-state index in [0.29, 0.717) is 12.6 Å². The number of hydrogen-bond acceptors (Lipinski definition) is 4. The molecule has 4 bridgehead atoms. The summed E-state index contributed by atoms with van der Waals surface area (Å²) in [6.45, 7) is 3.30. The molecule has 0 aromatic heterocycles. The number of aromatic hydroxyl groups is 1. The zero-order valence-corrected chi connectivity index (χ0v) is 19.6. The van der Waals surface area contributed by atoms with Crippen LogP contribution < -0.4 is 0 Å². The van der Waals surface area contributed by atoms with E-state index in [1.807, 2.05) is 6.07 Å². The average Bonchev–Trinajstić information content (AvgIpc) is 3.54. The van der Waals surface area contributed by atoms with Crippen molar-refractivity contribution in [1.29, 1.82) is 0 Å². The summed E-state index contributed by atoms with van der Waals surface area (Å²) in [7, 11) is 0. The van der Waals surface area contributed by atoms with Crippen LogP contribution in [0.5, 0.6) is 5.75 Å². The summed E-state index contributed by atoms with van der Waals surface area (Å²) in [5, 5.41) is 10.5. The van der Waals surface area contributed by atoms with E-state index in [1.165, 1.54) is 24.0 Å². The highest BCUT2D eigenvalue weighted by Crippen LogP contribution is 2.70. The molecule has 6 aliphatic rings. The van der Waals surface area contributed by atoms with Crippen molar-refractivity contribution in [3.63, 3.8) is 0 Å². The van der Waals surface area contributed by atoms with Gasteiger partial charge >= 0.3 is 0 Å². The number of benzene rings is 2. The molecule has 0 unspecified atom stereocenters. The van der Waals surface area contributed by atoms with Crippen LogP contribution in [0.2, 0.25) is 0 Å². The molecule has 34 heavy (non-hydrogen) atoms. The highest BCUT2D eigenvalue weighted by molar-refractivity contribution is 5.53.